The van der Waals surface area contributed by atoms with Gasteiger partial charge >= 0.3 is 0 Å². The third-order valence-corrected chi connectivity index (χ3v) is 5.39. The molecule has 0 N–H and O–H groups in total. The van der Waals surface area contributed by atoms with Gasteiger partial charge in [0.15, 0.2) is 0 Å². The van der Waals surface area contributed by atoms with E-state index in [2.05, 4.69) is 53.5 Å². The lowest BCUT2D eigenvalue weighted by Crippen LogP contribution is -2.35. The maximum Gasteiger partial charge on any atom is 0.0468 e. The summed E-state index contributed by atoms with van der Waals surface area (Å²) in [4.78, 5) is 2.43. The molecule has 2 rings (SSSR count). The summed E-state index contributed by atoms with van der Waals surface area (Å²) in [5.74, 6) is 1.82. The summed E-state index contributed by atoms with van der Waals surface area (Å²) in [6.07, 6.45) is 5.28. The van der Waals surface area contributed by atoms with E-state index in [1.807, 2.05) is 0 Å². The van der Waals surface area contributed by atoms with Gasteiger partial charge in [0.05, 0.1) is 0 Å². The van der Waals surface area contributed by atoms with Crippen LogP contribution in [0.3, 0.4) is 0 Å². The van der Waals surface area contributed by atoms with Crippen LogP contribution >= 0.6 is 0 Å². The van der Waals surface area contributed by atoms with E-state index in [-0.39, 0.29) is 0 Å². The molecule has 2 nitrogen and oxygen atoms in total. The third-order valence-electron chi connectivity index (χ3n) is 5.39. The van der Waals surface area contributed by atoms with Crippen molar-refractivity contribution in [3.8, 4) is 0 Å². The van der Waals surface area contributed by atoms with E-state index in [4.69, 9.17) is 4.74 Å². The Morgan fingerprint density at radius 3 is 1.43 bits per heavy atom. The van der Waals surface area contributed by atoms with Crippen molar-refractivity contribution in [1.82, 2.24) is 4.90 Å². The van der Waals surface area contributed by atoms with Crippen LogP contribution in [-0.4, -0.2) is 38.3 Å². The topological polar surface area (TPSA) is 12.5 Å². The van der Waals surface area contributed by atoms with Crippen molar-refractivity contribution in [3.63, 3.8) is 0 Å². The monoisotopic (exact) mass is 297 g/mol. The Labute approximate surface area is 133 Å². The fourth-order valence-corrected chi connectivity index (χ4v) is 3.44. The van der Waals surface area contributed by atoms with Crippen molar-refractivity contribution >= 4 is 0 Å². The molecule has 126 valence electrons. The first-order chi connectivity index (χ1) is 9.60. The zero-order valence-corrected chi connectivity index (χ0v) is 15.7. The lowest BCUT2D eigenvalue weighted by Gasteiger charge is -2.37. The van der Waals surface area contributed by atoms with Crippen LogP contribution in [0.15, 0.2) is 0 Å². The van der Waals surface area contributed by atoms with Crippen LogP contribution in [0, 0.1) is 22.7 Å². The SMILES string of the molecule is CC(C)(C)C1CCOCC1.CN1CCC(C(C)(C)C)CC1. The number of nitrogens with zero attached hydrogens (tertiary/aromatic N) is 1. The van der Waals surface area contributed by atoms with Crippen molar-refractivity contribution < 1.29 is 4.74 Å². The molecular weight excluding hydrogens is 258 g/mol. The van der Waals surface area contributed by atoms with Gasteiger partial charge in [-0.05, 0) is 68.5 Å². The predicted molar refractivity (Wildman–Crippen MR) is 92.7 cm³/mol. The Bertz CT molecular complexity index is 273. The number of hydrogen-bond donors (Lipinski definition) is 0. The standard InChI is InChI=1S/C10H21N.C9H18O/c1-10(2,3)9-5-7-11(4)8-6-9;1-9(2,3)8-4-6-10-7-5-8/h9H,5-8H2,1-4H3;8H,4-7H2,1-3H3. The fraction of sp³-hybridized carbons (Fsp3) is 1.00. The molecule has 0 radical (unpaired) electrons. The normalized spacial score (nSPS) is 23.6. The van der Waals surface area contributed by atoms with Gasteiger partial charge in [0.25, 0.3) is 0 Å². The zero-order chi connectivity index (χ0) is 16.1. The maximum atomic E-state index is 5.29. The number of hydrogen-bond acceptors (Lipinski definition) is 2. The fourth-order valence-electron chi connectivity index (χ4n) is 3.44. The van der Waals surface area contributed by atoms with Gasteiger partial charge < -0.3 is 9.64 Å². The van der Waals surface area contributed by atoms with E-state index in [1.165, 1.54) is 38.8 Å². The van der Waals surface area contributed by atoms with Crippen LogP contribution in [0.2, 0.25) is 0 Å². The number of rotatable bonds is 0. The summed E-state index contributed by atoms with van der Waals surface area (Å²) < 4.78 is 5.29. The van der Waals surface area contributed by atoms with Crippen molar-refractivity contribution in [2.24, 2.45) is 22.7 Å². The van der Waals surface area contributed by atoms with Gasteiger partial charge in [-0.25, -0.2) is 0 Å². The molecular formula is C19H39NO. The molecule has 0 atom stereocenters. The summed E-state index contributed by atoms with van der Waals surface area (Å²) in [5, 5.41) is 0. The molecule has 2 aliphatic heterocycles. The first-order valence-corrected chi connectivity index (χ1v) is 8.87. The molecule has 2 heterocycles. The van der Waals surface area contributed by atoms with Crippen molar-refractivity contribution in [2.45, 2.75) is 67.2 Å². The Hall–Kier alpha value is -0.0800. The van der Waals surface area contributed by atoms with E-state index < -0.39 is 0 Å². The van der Waals surface area contributed by atoms with E-state index in [0.717, 1.165) is 25.0 Å². The molecule has 0 aromatic rings. The number of likely N-dealkylation sites (tertiary alicyclic amines) is 1. The van der Waals surface area contributed by atoms with Crippen LogP contribution in [0.4, 0.5) is 0 Å². The molecule has 21 heavy (non-hydrogen) atoms. The second-order valence-electron chi connectivity index (χ2n) is 9.20. The molecule has 0 unspecified atom stereocenters. The van der Waals surface area contributed by atoms with Gasteiger partial charge in [0.1, 0.15) is 0 Å². The summed E-state index contributed by atoms with van der Waals surface area (Å²) in [7, 11) is 2.22. The van der Waals surface area contributed by atoms with E-state index in [0.29, 0.717) is 10.8 Å². The zero-order valence-electron chi connectivity index (χ0n) is 15.7. The van der Waals surface area contributed by atoms with E-state index in [1.54, 1.807) is 0 Å². The highest BCUT2D eigenvalue weighted by atomic mass is 16.5. The van der Waals surface area contributed by atoms with Crippen molar-refractivity contribution in [2.75, 3.05) is 33.4 Å². The molecule has 2 aliphatic rings. The first kappa shape index (κ1) is 19.0. The Morgan fingerprint density at radius 1 is 0.714 bits per heavy atom. The van der Waals surface area contributed by atoms with Crippen LogP contribution < -0.4 is 0 Å². The summed E-state index contributed by atoms with van der Waals surface area (Å²) >= 11 is 0. The molecule has 2 saturated heterocycles. The highest BCUT2D eigenvalue weighted by Gasteiger charge is 2.27. The summed E-state index contributed by atoms with van der Waals surface area (Å²) in [6, 6.07) is 0. The molecule has 0 saturated carbocycles. The molecule has 0 bridgehead atoms. The molecule has 0 amide bonds. The number of piperidine rings is 1. The van der Waals surface area contributed by atoms with Gasteiger partial charge in [-0.15, -0.1) is 0 Å². The smallest absolute Gasteiger partial charge is 0.0468 e. The Morgan fingerprint density at radius 2 is 1.10 bits per heavy atom. The van der Waals surface area contributed by atoms with Gasteiger partial charge in [-0.1, -0.05) is 41.5 Å². The summed E-state index contributed by atoms with van der Waals surface area (Å²) in [5.41, 5.74) is 1.02. The minimum atomic E-state index is 0.490. The van der Waals surface area contributed by atoms with Crippen LogP contribution in [0.5, 0.6) is 0 Å². The second-order valence-corrected chi connectivity index (χ2v) is 9.20. The van der Waals surface area contributed by atoms with E-state index in [9.17, 15) is 0 Å². The molecule has 0 aromatic heterocycles. The summed E-state index contributed by atoms with van der Waals surface area (Å²) in [6.45, 7) is 18.6. The quantitative estimate of drug-likeness (QED) is 0.635. The van der Waals surface area contributed by atoms with Gasteiger partial charge in [-0.3, -0.25) is 0 Å². The second kappa shape index (κ2) is 7.97. The van der Waals surface area contributed by atoms with Gasteiger partial charge in [0, 0.05) is 13.2 Å². The van der Waals surface area contributed by atoms with Crippen LogP contribution in [0.1, 0.15) is 67.2 Å². The molecule has 0 spiro atoms. The predicted octanol–water partition coefficient (Wildman–Crippen LogP) is 4.83. The molecule has 2 heteroatoms. The van der Waals surface area contributed by atoms with Gasteiger partial charge in [-0.2, -0.15) is 0 Å². The Balaban J connectivity index is 0.000000211. The van der Waals surface area contributed by atoms with Crippen molar-refractivity contribution in [1.29, 1.82) is 0 Å². The first-order valence-electron chi connectivity index (χ1n) is 8.87. The lowest BCUT2D eigenvalue weighted by molar-refractivity contribution is 0.0286. The largest absolute Gasteiger partial charge is 0.381 e. The highest BCUT2D eigenvalue weighted by Crippen LogP contribution is 2.34. The van der Waals surface area contributed by atoms with Gasteiger partial charge in [0.2, 0.25) is 0 Å². The minimum Gasteiger partial charge on any atom is -0.381 e. The minimum absolute atomic E-state index is 0.490. The highest BCUT2D eigenvalue weighted by molar-refractivity contribution is 4.79. The molecule has 0 aromatic carbocycles. The molecule has 0 aliphatic carbocycles. The molecule has 2 fully saturated rings. The van der Waals surface area contributed by atoms with Crippen molar-refractivity contribution in [3.05, 3.63) is 0 Å². The lowest BCUT2D eigenvalue weighted by atomic mass is 9.75. The van der Waals surface area contributed by atoms with E-state index >= 15 is 0 Å². The van der Waals surface area contributed by atoms with Crippen LogP contribution in [0.25, 0.3) is 0 Å². The Kier molecular flexibility index (Phi) is 7.19. The maximum absolute atomic E-state index is 5.29. The van der Waals surface area contributed by atoms with Crippen LogP contribution in [-0.2, 0) is 4.74 Å². The number of ether oxygens (including phenoxy) is 1. The average Bonchev–Trinajstić information content (AvgIpc) is 2.39. The average molecular weight is 298 g/mol. The third kappa shape index (κ3) is 7.15.